The number of nitro benzene ring substituents is 1. The lowest BCUT2D eigenvalue weighted by molar-refractivity contribution is -0.385. The highest BCUT2D eigenvalue weighted by molar-refractivity contribution is 8.00. The Labute approximate surface area is 189 Å². The van der Waals surface area contributed by atoms with Crippen LogP contribution in [0, 0.1) is 10.1 Å². The summed E-state index contributed by atoms with van der Waals surface area (Å²) in [5.41, 5.74) is 3.63. The molecule has 3 N–H and O–H groups in total. The van der Waals surface area contributed by atoms with Crippen molar-refractivity contribution in [2.75, 3.05) is 25.3 Å². The number of hydrazine groups is 1. The quantitative estimate of drug-likeness (QED) is 0.231. The first-order chi connectivity index (χ1) is 15.0. The van der Waals surface area contributed by atoms with Gasteiger partial charge in [0.15, 0.2) is 10.9 Å². The van der Waals surface area contributed by atoms with E-state index in [0.717, 1.165) is 23.9 Å². The molecule has 2 rings (SSSR count). The molecule has 0 aromatic heterocycles. The number of nitrogens with one attached hydrogen (secondary N) is 3. The Balaban J connectivity index is 1.92. The molecular formula is C18H17F3N4O5S2. The number of alkyl halides is 3. The van der Waals surface area contributed by atoms with Crippen molar-refractivity contribution in [2.24, 2.45) is 0 Å². The number of thioether (sulfide) groups is 1. The van der Waals surface area contributed by atoms with Crippen LogP contribution < -0.4 is 25.6 Å². The lowest BCUT2D eigenvalue weighted by Gasteiger charge is -2.14. The number of hydrogen-bond donors (Lipinski definition) is 3. The van der Waals surface area contributed by atoms with Gasteiger partial charge in [-0.1, -0.05) is 6.07 Å². The van der Waals surface area contributed by atoms with Gasteiger partial charge in [-0.2, -0.15) is 13.2 Å². The molecule has 0 unspecified atom stereocenters. The predicted molar refractivity (Wildman–Crippen MR) is 116 cm³/mol. The SMILES string of the molecule is COc1cc([N+](=O)[O-])c(OC)cc1SCC(=O)NNC(=S)Nc1cccc(C(F)(F)F)c1. The molecule has 0 saturated heterocycles. The van der Waals surface area contributed by atoms with Gasteiger partial charge in [0.25, 0.3) is 0 Å². The molecule has 0 bridgehead atoms. The highest BCUT2D eigenvalue weighted by Gasteiger charge is 2.30. The fraction of sp³-hybridized carbons (Fsp3) is 0.222. The number of amides is 1. The smallest absolute Gasteiger partial charge is 0.416 e. The maximum atomic E-state index is 12.8. The van der Waals surface area contributed by atoms with Gasteiger partial charge < -0.3 is 14.8 Å². The summed E-state index contributed by atoms with van der Waals surface area (Å²) >= 11 is 5.98. The number of ether oxygens (including phenoxy) is 2. The summed E-state index contributed by atoms with van der Waals surface area (Å²) in [6.45, 7) is 0. The monoisotopic (exact) mass is 490 g/mol. The first kappa shape index (κ1) is 25.0. The van der Waals surface area contributed by atoms with E-state index in [4.69, 9.17) is 21.7 Å². The van der Waals surface area contributed by atoms with Gasteiger partial charge >= 0.3 is 11.9 Å². The molecule has 9 nitrogen and oxygen atoms in total. The number of benzene rings is 2. The molecule has 1 amide bonds. The predicted octanol–water partition coefficient (Wildman–Crippen LogP) is 3.74. The van der Waals surface area contributed by atoms with Crippen LogP contribution in [0.4, 0.5) is 24.5 Å². The number of thiocarbonyl (C=S) groups is 1. The van der Waals surface area contributed by atoms with Gasteiger partial charge in [0.1, 0.15) is 5.75 Å². The van der Waals surface area contributed by atoms with Crippen molar-refractivity contribution in [3.05, 3.63) is 52.1 Å². The summed E-state index contributed by atoms with van der Waals surface area (Å²) in [5.74, 6) is -0.466. The third-order valence-corrected chi connectivity index (χ3v) is 5.02. The lowest BCUT2D eigenvalue weighted by Crippen LogP contribution is -2.44. The maximum Gasteiger partial charge on any atom is 0.416 e. The van der Waals surface area contributed by atoms with Crippen LogP contribution in [0.2, 0.25) is 0 Å². The van der Waals surface area contributed by atoms with Crippen LogP contribution in [0.1, 0.15) is 5.56 Å². The summed E-state index contributed by atoms with van der Waals surface area (Å²) in [4.78, 5) is 23.0. The Morgan fingerprint density at radius 3 is 2.44 bits per heavy atom. The normalized spacial score (nSPS) is 10.8. The lowest BCUT2D eigenvalue weighted by atomic mass is 10.2. The topological polar surface area (TPSA) is 115 Å². The van der Waals surface area contributed by atoms with E-state index in [1.54, 1.807) is 0 Å². The Morgan fingerprint density at radius 1 is 1.16 bits per heavy atom. The van der Waals surface area contributed by atoms with Crippen LogP contribution in [-0.4, -0.2) is 35.9 Å². The van der Waals surface area contributed by atoms with E-state index in [9.17, 15) is 28.1 Å². The van der Waals surface area contributed by atoms with Crippen molar-refractivity contribution in [1.82, 2.24) is 10.9 Å². The van der Waals surface area contributed by atoms with Gasteiger partial charge in [0, 0.05) is 11.8 Å². The molecule has 0 fully saturated rings. The van der Waals surface area contributed by atoms with E-state index in [-0.39, 0.29) is 33.7 Å². The number of rotatable bonds is 7. The van der Waals surface area contributed by atoms with Crippen molar-refractivity contribution in [1.29, 1.82) is 0 Å². The molecule has 2 aromatic carbocycles. The van der Waals surface area contributed by atoms with Crippen LogP contribution in [0.25, 0.3) is 0 Å². The minimum absolute atomic E-state index is 0.00305. The third-order valence-electron chi connectivity index (χ3n) is 3.78. The van der Waals surface area contributed by atoms with E-state index in [0.29, 0.717) is 4.90 Å². The first-order valence-corrected chi connectivity index (χ1v) is 10.0. The standard InChI is InChI=1S/C18H17F3N4O5S2/c1-29-13-8-15(14(30-2)7-12(13)25(27)28)32-9-16(26)23-24-17(31)22-11-5-3-4-10(6-11)18(19,20)21/h3-8H,9H2,1-2H3,(H,23,26)(H2,22,24,31). The Bertz CT molecular complexity index is 1020. The molecule has 0 spiro atoms. The number of carbonyl (C=O) groups is 1. The molecular weight excluding hydrogens is 473 g/mol. The van der Waals surface area contributed by atoms with Crippen LogP contribution >= 0.6 is 24.0 Å². The number of hydrogen-bond acceptors (Lipinski definition) is 7. The minimum Gasteiger partial charge on any atom is -0.495 e. The minimum atomic E-state index is -4.50. The van der Waals surface area contributed by atoms with Crippen LogP contribution in [0.3, 0.4) is 0 Å². The average molecular weight is 490 g/mol. The second-order valence-electron chi connectivity index (χ2n) is 5.93. The number of methoxy groups -OCH3 is 2. The van der Waals surface area contributed by atoms with Gasteiger partial charge in [-0.3, -0.25) is 25.8 Å². The van der Waals surface area contributed by atoms with E-state index in [1.807, 2.05) is 0 Å². The first-order valence-electron chi connectivity index (χ1n) is 8.61. The number of nitrogens with zero attached hydrogens (tertiary/aromatic N) is 1. The largest absolute Gasteiger partial charge is 0.495 e. The molecule has 172 valence electrons. The summed E-state index contributed by atoms with van der Waals surface area (Å²) in [5, 5.41) is 13.5. The zero-order valence-corrected chi connectivity index (χ0v) is 18.2. The fourth-order valence-corrected chi connectivity index (χ4v) is 3.35. The summed E-state index contributed by atoms with van der Waals surface area (Å²) < 4.78 is 48.4. The Morgan fingerprint density at radius 2 is 1.84 bits per heavy atom. The van der Waals surface area contributed by atoms with Gasteiger partial charge in [0.05, 0.1) is 41.4 Å². The van der Waals surface area contributed by atoms with Gasteiger partial charge in [0.2, 0.25) is 5.91 Å². The molecule has 0 radical (unpaired) electrons. The number of nitro groups is 1. The van der Waals surface area contributed by atoms with E-state index in [1.165, 1.54) is 38.5 Å². The van der Waals surface area contributed by atoms with E-state index >= 15 is 0 Å². The van der Waals surface area contributed by atoms with Gasteiger partial charge in [-0.25, -0.2) is 0 Å². The molecule has 0 aliphatic carbocycles. The van der Waals surface area contributed by atoms with Crippen molar-refractivity contribution >= 4 is 46.4 Å². The Kier molecular flexibility index (Phi) is 8.48. The molecule has 0 aliphatic heterocycles. The van der Waals surface area contributed by atoms with E-state index < -0.39 is 22.6 Å². The summed E-state index contributed by atoms with van der Waals surface area (Å²) in [7, 11) is 2.60. The third kappa shape index (κ3) is 6.88. The number of carbonyl (C=O) groups excluding carboxylic acids is 1. The van der Waals surface area contributed by atoms with Crippen LogP contribution in [-0.2, 0) is 11.0 Å². The average Bonchev–Trinajstić information content (AvgIpc) is 2.75. The maximum absolute atomic E-state index is 12.8. The van der Waals surface area contributed by atoms with Crippen LogP contribution in [0.15, 0.2) is 41.3 Å². The molecule has 0 aliphatic rings. The Hall–Kier alpha value is -3.26. The molecule has 32 heavy (non-hydrogen) atoms. The molecule has 0 heterocycles. The summed E-state index contributed by atoms with van der Waals surface area (Å²) in [6, 6.07) is 6.96. The van der Waals surface area contributed by atoms with Gasteiger partial charge in [-0.05, 0) is 30.4 Å². The fourth-order valence-electron chi connectivity index (χ4n) is 2.35. The number of anilines is 1. The van der Waals surface area contributed by atoms with E-state index in [2.05, 4.69) is 16.2 Å². The second kappa shape index (κ2) is 10.9. The molecule has 0 saturated carbocycles. The highest BCUT2D eigenvalue weighted by Crippen LogP contribution is 2.39. The van der Waals surface area contributed by atoms with Crippen molar-refractivity contribution in [3.8, 4) is 11.5 Å². The van der Waals surface area contributed by atoms with Crippen molar-refractivity contribution in [3.63, 3.8) is 0 Å². The van der Waals surface area contributed by atoms with Crippen LogP contribution in [0.5, 0.6) is 11.5 Å². The van der Waals surface area contributed by atoms with Crippen molar-refractivity contribution < 1.29 is 32.4 Å². The van der Waals surface area contributed by atoms with Gasteiger partial charge in [-0.15, -0.1) is 11.8 Å². The second-order valence-corrected chi connectivity index (χ2v) is 7.35. The summed E-state index contributed by atoms with van der Waals surface area (Å²) in [6.07, 6.45) is -4.50. The zero-order valence-electron chi connectivity index (χ0n) is 16.6. The molecule has 0 atom stereocenters. The highest BCUT2D eigenvalue weighted by atomic mass is 32.2. The molecule has 2 aromatic rings. The number of halogens is 3. The van der Waals surface area contributed by atoms with Crippen molar-refractivity contribution in [2.45, 2.75) is 11.1 Å². The molecule has 14 heteroatoms. The zero-order chi connectivity index (χ0) is 23.9.